The molecule has 1 aliphatic heterocycles. The number of nitrogens with one attached hydrogen (secondary N) is 1. The van der Waals surface area contributed by atoms with Crippen LogP contribution >= 0.6 is 0 Å². The monoisotopic (exact) mass is 301 g/mol. The second-order valence-corrected chi connectivity index (χ2v) is 5.84. The van der Waals surface area contributed by atoms with E-state index in [-0.39, 0.29) is 5.91 Å². The number of hydrogen-bond donors (Lipinski definition) is 1. The number of ether oxygens (including phenoxy) is 1. The van der Waals surface area contributed by atoms with Crippen LogP contribution in [0.3, 0.4) is 0 Å². The van der Waals surface area contributed by atoms with Crippen LogP contribution in [0, 0.1) is 0 Å². The number of rotatable bonds is 3. The van der Waals surface area contributed by atoms with Crippen LogP contribution in [0.5, 0.6) is 0 Å². The van der Waals surface area contributed by atoms with Gasteiger partial charge < -0.3 is 15.0 Å². The first kappa shape index (κ1) is 13.5. The van der Waals surface area contributed by atoms with Gasteiger partial charge in [0.1, 0.15) is 5.52 Å². The van der Waals surface area contributed by atoms with Crippen molar-refractivity contribution in [3.8, 4) is 0 Å². The number of anilines is 1. The highest BCUT2D eigenvalue weighted by molar-refractivity contribution is 5.82. The maximum atomic E-state index is 11.8. The molecule has 1 aliphatic carbocycles. The zero-order valence-electron chi connectivity index (χ0n) is 12.5. The maximum Gasteiger partial charge on any atom is 0.250 e. The van der Waals surface area contributed by atoms with Crippen molar-refractivity contribution in [3.05, 3.63) is 24.2 Å². The summed E-state index contributed by atoms with van der Waals surface area (Å²) in [7, 11) is 1.63. The fraction of sp³-hybridized carbons (Fsp3) is 0.533. The molecule has 1 amide bonds. The highest BCUT2D eigenvalue weighted by Gasteiger charge is 2.30. The lowest BCUT2D eigenvalue weighted by molar-refractivity contribution is -0.132. The number of amides is 1. The van der Waals surface area contributed by atoms with E-state index in [1.807, 2.05) is 10.7 Å². The number of fused-ring (bicyclic) bond motifs is 1. The van der Waals surface area contributed by atoms with Crippen LogP contribution in [-0.4, -0.2) is 53.4 Å². The van der Waals surface area contributed by atoms with Crippen LogP contribution < -0.4 is 10.2 Å². The molecule has 2 fully saturated rings. The van der Waals surface area contributed by atoms with Gasteiger partial charge in [-0.15, -0.1) is 0 Å². The molecule has 1 unspecified atom stereocenters. The molecule has 116 valence electrons. The number of carbonyl (C=O) groups excluding carboxylic acids is 1. The summed E-state index contributed by atoms with van der Waals surface area (Å²) in [5.74, 6) is 1.39. The van der Waals surface area contributed by atoms with Gasteiger partial charge in [0.25, 0.3) is 5.91 Å². The Morgan fingerprint density at radius 2 is 2.32 bits per heavy atom. The van der Waals surface area contributed by atoms with Gasteiger partial charge in [-0.1, -0.05) is 0 Å². The lowest BCUT2D eigenvalue weighted by atomic mass is 10.2. The molecular weight excluding hydrogens is 282 g/mol. The first-order valence-corrected chi connectivity index (χ1v) is 7.68. The molecule has 7 heteroatoms. The van der Waals surface area contributed by atoms with E-state index in [0.717, 1.165) is 23.6 Å². The molecule has 3 heterocycles. The zero-order chi connectivity index (χ0) is 15.1. The Hall–Kier alpha value is -2.15. The lowest BCUT2D eigenvalue weighted by Crippen LogP contribution is -2.49. The predicted octanol–water partition coefficient (Wildman–Crippen LogP) is 0.558. The first-order chi connectivity index (χ1) is 10.8. The zero-order valence-corrected chi connectivity index (χ0v) is 12.5. The van der Waals surface area contributed by atoms with Gasteiger partial charge in [-0.3, -0.25) is 4.79 Å². The van der Waals surface area contributed by atoms with Gasteiger partial charge in [-0.05, 0) is 18.9 Å². The largest absolute Gasteiger partial charge is 0.365 e. The smallest absolute Gasteiger partial charge is 0.250 e. The van der Waals surface area contributed by atoms with E-state index in [0.29, 0.717) is 19.1 Å². The van der Waals surface area contributed by atoms with Crippen molar-refractivity contribution >= 4 is 17.2 Å². The molecule has 0 spiro atoms. The minimum atomic E-state index is -0.452. The van der Waals surface area contributed by atoms with Crippen LogP contribution in [0.15, 0.2) is 18.5 Å². The van der Waals surface area contributed by atoms with E-state index < -0.39 is 6.10 Å². The Bertz CT molecular complexity index is 709. The molecule has 4 rings (SSSR count). The highest BCUT2D eigenvalue weighted by atomic mass is 16.5. The Kier molecular flexibility index (Phi) is 3.22. The van der Waals surface area contributed by atoms with Crippen molar-refractivity contribution in [3.63, 3.8) is 0 Å². The van der Waals surface area contributed by atoms with Crippen molar-refractivity contribution in [2.45, 2.75) is 24.9 Å². The van der Waals surface area contributed by atoms with Gasteiger partial charge in [0.2, 0.25) is 0 Å². The van der Waals surface area contributed by atoms with Gasteiger partial charge in [0.05, 0.1) is 18.8 Å². The fourth-order valence-electron chi connectivity index (χ4n) is 2.91. The third-order valence-electron chi connectivity index (χ3n) is 4.29. The van der Waals surface area contributed by atoms with E-state index in [4.69, 9.17) is 4.74 Å². The highest BCUT2D eigenvalue weighted by Crippen LogP contribution is 2.40. The number of likely N-dealkylation sites (N-methyl/N-ethyl adjacent to an activating group) is 1. The van der Waals surface area contributed by atoms with Gasteiger partial charge >= 0.3 is 0 Å². The van der Waals surface area contributed by atoms with Gasteiger partial charge in [-0.2, -0.15) is 5.10 Å². The van der Waals surface area contributed by atoms with E-state index in [1.54, 1.807) is 13.2 Å². The minimum absolute atomic E-state index is 0.0937. The molecule has 7 nitrogen and oxygen atoms in total. The third kappa shape index (κ3) is 2.31. The van der Waals surface area contributed by atoms with E-state index >= 15 is 0 Å². The van der Waals surface area contributed by atoms with Gasteiger partial charge in [0, 0.05) is 31.9 Å². The lowest BCUT2D eigenvalue weighted by Gasteiger charge is -2.32. The molecule has 0 radical (unpaired) electrons. The quantitative estimate of drug-likeness (QED) is 0.897. The number of nitrogens with zero attached hydrogens (tertiary/aromatic N) is 4. The standard InChI is InChI=1S/C15H19N5O2/c1-16-15(21)13-9-19(6-7-22-13)14-12-8-11(10-2-3-10)18-20(12)5-4-17-14/h4-5,8,10,13H,2-3,6-7,9H2,1H3,(H,16,21). The number of hydrogen-bond acceptors (Lipinski definition) is 5. The number of morpholine rings is 1. The molecule has 2 aromatic rings. The Morgan fingerprint density at radius 1 is 1.45 bits per heavy atom. The average Bonchev–Trinajstić information content (AvgIpc) is 3.32. The Balaban J connectivity index is 1.66. The molecule has 2 aromatic heterocycles. The van der Waals surface area contributed by atoms with Gasteiger partial charge in [-0.25, -0.2) is 9.50 Å². The summed E-state index contributed by atoms with van der Waals surface area (Å²) >= 11 is 0. The maximum absolute atomic E-state index is 11.8. The number of aromatic nitrogens is 3. The van der Waals surface area contributed by atoms with Crippen LogP contribution in [0.1, 0.15) is 24.5 Å². The first-order valence-electron chi connectivity index (χ1n) is 7.68. The molecule has 1 N–H and O–H groups in total. The van der Waals surface area contributed by atoms with Crippen LogP contribution in [0.4, 0.5) is 5.82 Å². The molecule has 22 heavy (non-hydrogen) atoms. The van der Waals surface area contributed by atoms with E-state index in [9.17, 15) is 4.79 Å². The SMILES string of the molecule is CNC(=O)C1CN(c2nccn3nc(C4CC4)cc23)CCO1. The van der Waals surface area contributed by atoms with Crippen LogP contribution in [0.25, 0.3) is 5.52 Å². The van der Waals surface area contributed by atoms with Crippen molar-refractivity contribution in [1.29, 1.82) is 0 Å². The van der Waals surface area contributed by atoms with E-state index in [2.05, 4.69) is 26.4 Å². The van der Waals surface area contributed by atoms with Crippen molar-refractivity contribution in [2.75, 3.05) is 31.6 Å². The molecule has 2 aliphatic rings. The summed E-state index contributed by atoms with van der Waals surface area (Å²) < 4.78 is 7.43. The summed E-state index contributed by atoms with van der Waals surface area (Å²) in [5.41, 5.74) is 2.15. The van der Waals surface area contributed by atoms with Gasteiger partial charge in [0.15, 0.2) is 11.9 Å². The fourth-order valence-corrected chi connectivity index (χ4v) is 2.91. The Labute approximate surface area is 128 Å². The molecule has 1 saturated carbocycles. The minimum Gasteiger partial charge on any atom is -0.365 e. The predicted molar refractivity (Wildman–Crippen MR) is 81.0 cm³/mol. The van der Waals surface area contributed by atoms with Crippen LogP contribution in [0.2, 0.25) is 0 Å². The van der Waals surface area contributed by atoms with Crippen molar-refractivity contribution < 1.29 is 9.53 Å². The molecule has 0 aromatic carbocycles. The third-order valence-corrected chi connectivity index (χ3v) is 4.29. The molecule has 1 atom stereocenters. The summed E-state index contributed by atoms with van der Waals surface area (Å²) in [5, 5.41) is 7.28. The molecular formula is C15H19N5O2. The van der Waals surface area contributed by atoms with E-state index in [1.165, 1.54) is 12.8 Å². The van der Waals surface area contributed by atoms with Crippen molar-refractivity contribution in [1.82, 2.24) is 19.9 Å². The summed E-state index contributed by atoms with van der Waals surface area (Å²) in [6.45, 7) is 1.75. The second-order valence-electron chi connectivity index (χ2n) is 5.84. The topological polar surface area (TPSA) is 71.8 Å². The van der Waals surface area contributed by atoms with Crippen LogP contribution in [-0.2, 0) is 9.53 Å². The number of carbonyl (C=O) groups is 1. The normalized spacial score (nSPS) is 22.0. The molecule has 1 saturated heterocycles. The second kappa shape index (κ2) is 5.24. The summed E-state index contributed by atoms with van der Waals surface area (Å²) in [4.78, 5) is 18.4. The average molecular weight is 301 g/mol. The summed E-state index contributed by atoms with van der Waals surface area (Å²) in [6.07, 6.45) is 5.63. The Morgan fingerprint density at radius 3 is 3.09 bits per heavy atom. The summed E-state index contributed by atoms with van der Waals surface area (Å²) in [6, 6.07) is 2.13. The molecule has 0 bridgehead atoms. The van der Waals surface area contributed by atoms with Crippen molar-refractivity contribution in [2.24, 2.45) is 0 Å².